The number of carbonyl (C=O) groups is 2. The Hall–Kier alpha value is -3.17. The van der Waals surface area contributed by atoms with Crippen LogP contribution in [0.1, 0.15) is 5.56 Å². The summed E-state index contributed by atoms with van der Waals surface area (Å²) in [6.07, 6.45) is 1.47. The summed E-state index contributed by atoms with van der Waals surface area (Å²) in [6.45, 7) is 0. The first-order valence-corrected chi connectivity index (χ1v) is 8.13. The number of halogens is 1. The first-order valence-electron chi connectivity index (χ1n) is 8.13. The molecule has 4 N–H and O–H groups in total. The number of fused-ring (bicyclic) bond motifs is 1. The molecule has 0 saturated carbocycles. The van der Waals surface area contributed by atoms with E-state index in [1.807, 2.05) is 0 Å². The predicted octanol–water partition coefficient (Wildman–Crippen LogP) is 1.25. The maximum atomic E-state index is 13.6. The Morgan fingerprint density at radius 1 is 1.07 bits per heavy atom. The molecule has 7 nitrogen and oxygen atoms in total. The molecule has 138 valence electrons. The molecule has 2 aromatic carbocycles. The van der Waals surface area contributed by atoms with Gasteiger partial charge < -0.3 is 25.1 Å². The third-order valence-electron chi connectivity index (χ3n) is 4.01. The Kier molecular flexibility index (Phi) is 5.53. The minimum atomic E-state index is -1.91. The van der Waals surface area contributed by atoms with Gasteiger partial charge in [-0.1, -0.05) is 30.3 Å². The summed E-state index contributed by atoms with van der Waals surface area (Å²) in [4.78, 5) is 24.0. The average molecular weight is 370 g/mol. The van der Waals surface area contributed by atoms with Crippen LogP contribution < -0.4 is 10.6 Å². The fourth-order valence-electron chi connectivity index (χ4n) is 2.63. The summed E-state index contributed by atoms with van der Waals surface area (Å²) in [5.74, 6) is -4.10. The number of nitrogens with one attached hydrogen (secondary N) is 2. The Labute approximate surface area is 153 Å². The van der Waals surface area contributed by atoms with Crippen molar-refractivity contribution < 1.29 is 28.4 Å². The molecule has 1 unspecified atom stereocenters. The Morgan fingerprint density at radius 2 is 1.78 bits per heavy atom. The van der Waals surface area contributed by atoms with Crippen molar-refractivity contribution in [2.75, 3.05) is 5.32 Å². The highest BCUT2D eigenvalue weighted by Gasteiger charge is 2.29. The lowest BCUT2D eigenvalue weighted by atomic mass is 9.76. The van der Waals surface area contributed by atoms with Gasteiger partial charge >= 0.3 is 18.9 Å². The molecular weight excluding hydrogens is 354 g/mol. The topological polar surface area (TPSA) is 112 Å². The summed E-state index contributed by atoms with van der Waals surface area (Å²) in [6, 6.07) is 12.5. The quantitative estimate of drug-likeness (QED) is 0.399. The molecule has 3 aromatic rings. The number of amides is 2. The van der Waals surface area contributed by atoms with Crippen molar-refractivity contribution in [2.45, 2.75) is 12.4 Å². The van der Waals surface area contributed by atoms with Crippen molar-refractivity contribution in [3.63, 3.8) is 0 Å². The number of para-hydroxylation sites is 2. The van der Waals surface area contributed by atoms with Crippen LogP contribution >= 0.6 is 0 Å². The second kappa shape index (κ2) is 8.02. The fraction of sp³-hybridized carbons (Fsp3) is 0.111. The third-order valence-corrected chi connectivity index (χ3v) is 4.01. The van der Waals surface area contributed by atoms with E-state index in [0.717, 1.165) is 11.5 Å². The summed E-state index contributed by atoms with van der Waals surface area (Å²) in [5.41, 5.74) is 1.10. The lowest BCUT2D eigenvalue weighted by molar-refractivity contribution is -0.136. The maximum absolute atomic E-state index is 13.6. The largest absolute Gasteiger partial charge is 0.475 e. The number of hydrogen-bond donors (Lipinski definition) is 4. The van der Waals surface area contributed by atoms with Gasteiger partial charge in [0.2, 0.25) is 0 Å². The van der Waals surface area contributed by atoms with Crippen LogP contribution in [0, 0.1) is 5.82 Å². The van der Waals surface area contributed by atoms with Crippen LogP contribution in [0.15, 0.2) is 59.2 Å². The lowest BCUT2D eigenvalue weighted by Gasteiger charge is -2.17. The average Bonchev–Trinajstić information content (AvgIpc) is 3.06. The molecule has 1 heterocycles. The Balaban J connectivity index is 1.69. The van der Waals surface area contributed by atoms with Crippen LogP contribution in [0.3, 0.4) is 0 Å². The smallest absolute Gasteiger partial charge is 0.464 e. The number of rotatable bonds is 5. The second-order valence-corrected chi connectivity index (χ2v) is 5.89. The van der Waals surface area contributed by atoms with Crippen LogP contribution in [0.25, 0.3) is 11.0 Å². The van der Waals surface area contributed by atoms with E-state index < -0.39 is 30.7 Å². The van der Waals surface area contributed by atoms with Crippen molar-refractivity contribution in [1.29, 1.82) is 0 Å². The highest BCUT2D eigenvalue weighted by molar-refractivity contribution is 6.46. The van der Waals surface area contributed by atoms with Gasteiger partial charge in [0.15, 0.2) is 0 Å². The molecule has 0 aliphatic rings. The molecule has 27 heavy (non-hydrogen) atoms. The van der Waals surface area contributed by atoms with Gasteiger partial charge in [-0.2, -0.15) is 0 Å². The zero-order valence-electron chi connectivity index (χ0n) is 14.1. The van der Waals surface area contributed by atoms with Crippen molar-refractivity contribution in [1.82, 2.24) is 5.32 Å². The minimum absolute atomic E-state index is 0.0212. The zero-order valence-corrected chi connectivity index (χ0v) is 14.1. The molecular formula is C18H16BFN2O5. The van der Waals surface area contributed by atoms with Gasteiger partial charge in [0, 0.05) is 5.39 Å². The first-order chi connectivity index (χ1) is 13.0. The molecule has 0 radical (unpaired) electrons. The monoisotopic (exact) mass is 370 g/mol. The number of benzene rings is 2. The van der Waals surface area contributed by atoms with Gasteiger partial charge in [0.1, 0.15) is 11.4 Å². The lowest BCUT2D eigenvalue weighted by Crippen LogP contribution is -2.51. The Bertz CT molecular complexity index is 975. The molecule has 3 rings (SSSR count). The van der Waals surface area contributed by atoms with Crippen LogP contribution in [0.2, 0.25) is 0 Å². The molecule has 2 amide bonds. The normalized spacial score (nSPS) is 11.8. The van der Waals surface area contributed by atoms with E-state index in [0.29, 0.717) is 11.1 Å². The summed E-state index contributed by atoms with van der Waals surface area (Å²) in [7, 11) is -1.91. The highest BCUT2D eigenvalue weighted by atomic mass is 19.1. The maximum Gasteiger partial charge on any atom is 0.475 e. The van der Waals surface area contributed by atoms with Gasteiger partial charge in [0.25, 0.3) is 0 Å². The van der Waals surface area contributed by atoms with E-state index in [4.69, 9.17) is 4.42 Å². The van der Waals surface area contributed by atoms with E-state index in [9.17, 15) is 24.0 Å². The van der Waals surface area contributed by atoms with Crippen LogP contribution in [-0.2, 0) is 16.0 Å². The van der Waals surface area contributed by atoms with Gasteiger partial charge in [-0.3, -0.25) is 9.59 Å². The van der Waals surface area contributed by atoms with E-state index >= 15 is 0 Å². The number of hydrogen-bond acceptors (Lipinski definition) is 5. The zero-order chi connectivity index (χ0) is 19.4. The fourth-order valence-corrected chi connectivity index (χ4v) is 2.63. The van der Waals surface area contributed by atoms with Crippen LogP contribution in [0.5, 0.6) is 0 Å². The molecule has 9 heteroatoms. The summed E-state index contributed by atoms with van der Waals surface area (Å²) in [5, 5.41) is 24.3. The van der Waals surface area contributed by atoms with Gasteiger partial charge in [-0.05, 0) is 30.2 Å². The predicted molar refractivity (Wildman–Crippen MR) is 97.1 cm³/mol. The minimum Gasteiger partial charge on any atom is -0.464 e. The van der Waals surface area contributed by atoms with E-state index in [2.05, 4.69) is 10.6 Å². The second-order valence-electron chi connectivity index (χ2n) is 5.89. The van der Waals surface area contributed by atoms with E-state index in [1.54, 1.807) is 24.3 Å². The van der Waals surface area contributed by atoms with Crippen LogP contribution in [0.4, 0.5) is 10.1 Å². The summed E-state index contributed by atoms with van der Waals surface area (Å²) >= 11 is 0. The van der Waals surface area contributed by atoms with Crippen LogP contribution in [-0.4, -0.2) is 34.9 Å². The van der Waals surface area contributed by atoms with Crippen molar-refractivity contribution >= 4 is 35.6 Å². The number of carbonyl (C=O) groups excluding carboxylic acids is 2. The molecule has 0 fully saturated rings. The first kappa shape index (κ1) is 18.6. The molecule has 1 aromatic heterocycles. The SMILES string of the molecule is O=C(Nc1ccccc1F)C(=O)NC(Cc1coc2ccccc12)B(O)O. The molecule has 0 spiro atoms. The van der Waals surface area contributed by atoms with Crippen molar-refractivity contribution in [2.24, 2.45) is 0 Å². The molecule has 1 atom stereocenters. The van der Waals surface area contributed by atoms with Crippen molar-refractivity contribution in [3.05, 3.63) is 66.2 Å². The van der Waals surface area contributed by atoms with Gasteiger partial charge in [-0.25, -0.2) is 4.39 Å². The van der Waals surface area contributed by atoms with E-state index in [1.165, 1.54) is 24.5 Å². The van der Waals surface area contributed by atoms with Gasteiger partial charge in [-0.15, -0.1) is 0 Å². The third kappa shape index (κ3) is 4.33. The standard InChI is InChI=1S/C18H16BFN2O5/c20-13-6-2-3-7-14(13)21-17(23)18(24)22-16(19(25)26)9-11-10-27-15-8-4-1-5-12(11)15/h1-8,10,16,25-26H,9H2,(H,21,23)(H,22,24). The molecule has 0 bridgehead atoms. The number of anilines is 1. The highest BCUT2D eigenvalue weighted by Crippen LogP contribution is 2.22. The van der Waals surface area contributed by atoms with Crippen molar-refractivity contribution in [3.8, 4) is 0 Å². The summed E-state index contributed by atoms with van der Waals surface area (Å²) < 4.78 is 18.9. The number of furan rings is 1. The molecule has 0 aliphatic heterocycles. The molecule has 0 aliphatic carbocycles. The van der Waals surface area contributed by atoms with E-state index in [-0.39, 0.29) is 12.1 Å². The Morgan fingerprint density at radius 3 is 2.52 bits per heavy atom. The molecule has 0 saturated heterocycles. The van der Waals surface area contributed by atoms with Gasteiger partial charge in [0.05, 0.1) is 17.9 Å².